The van der Waals surface area contributed by atoms with E-state index < -0.39 is 0 Å². The molecule has 6 nitrogen and oxygen atoms in total. The Balaban J connectivity index is 1.45. The summed E-state index contributed by atoms with van der Waals surface area (Å²) in [5.41, 5.74) is 3.48. The molecule has 0 unspecified atom stereocenters. The Hall–Kier alpha value is -3.56. The van der Waals surface area contributed by atoms with Crippen LogP contribution >= 0.6 is 0 Å². The Bertz CT molecular complexity index is 1040. The Morgan fingerprint density at radius 3 is 2.45 bits per heavy atom. The van der Waals surface area contributed by atoms with Crippen molar-refractivity contribution in [1.29, 1.82) is 5.26 Å². The summed E-state index contributed by atoms with van der Waals surface area (Å²) in [6, 6.07) is 17.7. The highest BCUT2D eigenvalue weighted by Crippen LogP contribution is 2.22. The van der Waals surface area contributed by atoms with Crippen LogP contribution in [0.5, 0.6) is 0 Å². The van der Waals surface area contributed by atoms with E-state index in [-0.39, 0.29) is 11.9 Å². The number of carbonyl (C=O) groups is 1. The van der Waals surface area contributed by atoms with Gasteiger partial charge in [-0.05, 0) is 54.3 Å². The van der Waals surface area contributed by atoms with Crippen molar-refractivity contribution >= 4 is 5.91 Å². The molecule has 156 valence electrons. The molecule has 1 amide bonds. The third kappa shape index (κ3) is 5.33. The molecular weight excluding hydrogens is 386 g/mol. The Labute approximate surface area is 182 Å². The van der Waals surface area contributed by atoms with Crippen molar-refractivity contribution in [3.05, 3.63) is 95.6 Å². The van der Waals surface area contributed by atoms with Gasteiger partial charge in [0.15, 0.2) is 0 Å². The second-order valence-corrected chi connectivity index (χ2v) is 7.86. The van der Waals surface area contributed by atoms with Gasteiger partial charge in [-0.1, -0.05) is 18.2 Å². The molecular formula is C25H25N5O. The first-order chi connectivity index (χ1) is 15.2. The first-order valence-electron chi connectivity index (χ1n) is 10.5. The van der Waals surface area contributed by atoms with E-state index in [0.29, 0.717) is 17.7 Å². The second kappa shape index (κ2) is 9.96. The molecule has 0 bridgehead atoms. The van der Waals surface area contributed by atoms with Gasteiger partial charge in [0.2, 0.25) is 0 Å². The summed E-state index contributed by atoms with van der Waals surface area (Å²) in [7, 11) is 0. The smallest absolute Gasteiger partial charge is 0.255 e. The monoisotopic (exact) mass is 411 g/mol. The lowest BCUT2D eigenvalue weighted by Gasteiger charge is -2.38. The number of aromatic nitrogens is 2. The van der Waals surface area contributed by atoms with Crippen LogP contribution in [-0.4, -0.2) is 44.8 Å². The average Bonchev–Trinajstić information content (AvgIpc) is 2.84. The van der Waals surface area contributed by atoms with Crippen LogP contribution in [0.15, 0.2) is 73.3 Å². The molecule has 0 spiro atoms. The van der Waals surface area contributed by atoms with Crippen molar-refractivity contribution in [2.45, 2.75) is 32.0 Å². The lowest BCUT2D eigenvalue weighted by molar-refractivity contribution is 0.0542. The van der Waals surface area contributed by atoms with Crippen LogP contribution in [0.25, 0.3) is 0 Å². The number of rotatable bonds is 6. The zero-order valence-electron chi connectivity index (χ0n) is 17.4. The number of hydrogen-bond donors (Lipinski definition) is 0. The summed E-state index contributed by atoms with van der Waals surface area (Å²) >= 11 is 0. The predicted octanol–water partition coefficient (Wildman–Crippen LogP) is 3.66. The van der Waals surface area contributed by atoms with Crippen molar-refractivity contribution < 1.29 is 4.79 Å². The van der Waals surface area contributed by atoms with Crippen LogP contribution in [0.2, 0.25) is 0 Å². The largest absolute Gasteiger partial charge is 0.331 e. The first-order valence-corrected chi connectivity index (χ1v) is 10.5. The predicted molar refractivity (Wildman–Crippen MR) is 118 cm³/mol. The average molecular weight is 412 g/mol. The molecule has 0 saturated carbocycles. The van der Waals surface area contributed by atoms with Crippen LogP contribution < -0.4 is 0 Å². The van der Waals surface area contributed by atoms with Gasteiger partial charge in [0, 0.05) is 57.0 Å². The third-order valence-corrected chi connectivity index (χ3v) is 5.71. The van der Waals surface area contributed by atoms with E-state index >= 15 is 0 Å². The van der Waals surface area contributed by atoms with Gasteiger partial charge in [0.1, 0.15) is 0 Å². The van der Waals surface area contributed by atoms with Crippen molar-refractivity contribution in [3.63, 3.8) is 0 Å². The molecule has 1 fully saturated rings. The lowest BCUT2D eigenvalue weighted by Crippen LogP contribution is -2.46. The molecule has 6 heteroatoms. The fourth-order valence-corrected chi connectivity index (χ4v) is 4.10. The number of hydrogen-bond acceptors (Lipinski definition) is 5. The summed E-state index contributed by atoms with van der Waals surface area (Å²) in [5, 5.41) is 9.12. The highest BCUT2D eigenvalue weighted by Gasteiger charge is 2.29. The van der Waals surface area contributed by atoms with Gasteiger partial charge in [-0.2, -0.15) is 5.26 Å². The van der Waals surface area contributed by atoms with Gasteiger partial charge in [-0.3, -0.25) is 19.7 Å². The van der Waals surface area contributed by atoms with E-state index in [2.05, 4.69) is 27.0 Å². The van der Waals surface area contributed by atoms with Crippen molar-refractivity contribution in [3.8, 4) is 6.07 Å². The Morgan fingerprint density at radius 2 is 1.77 bits per heavy atom. The fourth-order valence-electron chi connectivity index (χ4n) is 4.10. The minimum absolute atomic E-state index is 0.0112. The maximum Gasteiger partial charge on any atom is 0.255 e. The number of nitrogens with zero attached hydrogens (tertiary/aromatic N) is 5. The van der Waals surface area contributed by atoms with E-state index in [1.165, 1.54) is 0 Å². The molecule has 1 saturated heterocycles. The topological polar surface area (TPSA) is 73.1 Å². The van der Waals surface area contributed by atoms with E-state index in [0.717, 1.165) is 43.6 Å². The lowest BCUT2D eigenvalue weighted by atomic mass is 10.0. The van der Waals surface area contributed by atoms with Crippen molar-refractivity contribution in [2.75, 3.05) is 13.1 Å². The molecule has 3 heterocycles. The van der Waals surface area contributed by atoms with Gasteiger partial charge >= 0.3 is 0 Å². The quantitative estimate of drug-likeness (QED) is 0.619. The van der Waals surface area contributed by atoms with Crippen molar-refractivity contribution in [2.24, 2.45) is 0 Å². The molecule has 0 aliphatic carbocycles. The normalized spacial score (nSPS) is 14.7. The third-order valence-electron chi connectivity index (χ3n) is 5.71. The van der Waals surface area contributed by atoms with Gasteiger partial charge in [-0.25, -0.2) is 0 Å². The zero-order chi connectivity index (χ0) is 21.5. The molecule has 4 rings (SSSR count). The first kappa shape index (κ1) is 20.7. The van der Waals surface area contributed by atoms with Crippen LogP contribution in [0.1, 0.15) is 39.9 Å². The van der Waals surface area contributed by atoms with Gasteiger partial charge in [-0.15, -0.1) is 0 Å². The highest BCUT2D eigenvalue weighted by molar-refractivity contribution is 5.94. The molecule has 2 aromatic heterocycles. The van der Waals surface area contributed by atoms with Gasteiger partial charge < -0.3 is 4.90 Å². The molecule has 0 N–H and O–H groups in total. The molecule has 0 atom stereocenters. The Morgan fingerprint density at radius 1 is 1.03 bits per heavy atom. The number of likely N-dealkylation sites (tertiary alicyclic amines) is 1. The molecule has 1 aliphatic heterocycles. The minimum atomic E-state index is 0.0112. The van der Waals surface area contributed by atoms with E-state index in [9.17, 15) is 4.79 Å². The van der Waals surface area contributed by atoms with E-state index in [1.807, 2.05) is 47.5 Å². The Kier molecular flexibility index (Phi) is 6.65. The summed E-state index contributed by atoms with van der Waals surface area (Å²) in [4.78, 5) is 26.0. The summed E-state index contributed by atoms with van der Waals surface area (Å²) in [5.74, 6) is 0.0112. The van der Waals surface area contributed by atoms with Gasteiger partial charge in [0.05, 0.1) is 17.2 Å². The highest BCUT2D eigenvalue weighted by atomic mass is 16.2. The van der Waals surface area contributed by atoms with Crippen LogP contribution in [0.4, 0.5) is 0 Å². The SMILES string of the molecule is N#Cc1cccc(CN2CCC(N(Cc3cccnc3)C(=O)c3cccnc3)CC2)c1. The molecule has 1 aliphatic rings. The minimum Gasteiger partial charge on any atom is -0.331 e. The van der Waals surface area contributed by atoms with Gasteiger partial charge in [0.25, 0.3) is 5.91 Å². The number of nitriles is 1. The molecule has 1 aromatic carbocycles. The standard InChI is InChI=1S/C25H25N5O/c26-15-20-4-1-5-21(14-20)18-29-12-8-24(9-13-29)30(19-22-6-2-10-27-16-22)25(31)23-7-3-11-28-17-23/h1-7,10-11,14,16-17,24H,8-9,12-13,18-19H2. The summed E-state index contributed by atoms with van der Waals surface area (Å²) in [6.45, 7) is 3.18. The maximum absolute atomic E-state index is 13.3. The zero-order valence-corrected chi connectivity index (χ0v) is 17.4. The number of benzene rings is 1. The number of amides is 1. The fraction of sp³-hybridized carbons (Fsp3) is 0.280. The molecule has 3 aromatic rings. The molecule has 0 radical (unpaired) electrons. The number of pyridine rings is 2. The molecule has 31 heavy (non-hydrogen) atoms. The van der Waals surface area contributed by atoms with E-state index in [1.54, 1.807) is 24.7 Å². The summed E-state index contributed by atoms with van der Waals surface area (Å²) < 4.78 is 0. The number of piperidine rings is 1. The van der Waals surface area contributed by atoms with Crippen LogP contribution in [0, 0.1) is 11.3 Å². The van der Waals surface area contributed by atoms with Crippen molar-refractivity contribution in [1.82, 2.24) is 19.8 Å². The van der Waals surface area contributed by atoms with E-state index in [4.69, 9.17) is 5.26 Å². The van der Waals surface area contributed by atoms with Crippen LogP contribution in [0.3, 0.4) is 0 Å². The van der Waals surface area contributed by atoms with Crippen LogP contribution in [-0.2, 0) is 13.1 Å². The number of carbonyl (C=O) groups excluding carboxylic acids is 1. The second-order valence-electron chi connectivity index (χ2n) is 7.86. The summed E-state index contributed by atoms with van der Waals surface area (Å²) in [6.07, 6.45) is 8.70. The maximum atomic E-state index is 13.3.